The molecule has 0 aromatic carbocycles. The molecule has 5 nitrogen and oxygen atoms in total. The predicted molar refractivity (Wildman–Crippen MR) is 65.7 cm³/mol. The number of hydrogen-bond acceptors (Lipinski definition) is 5. The molecule has 2 aliphatic heterocycles. The molecule has 3 rings (SSSR count). The van der Waals surface area contributed by atoms with Crippen LogP contribution in [-0.2, 0) is 19.1 Å². The van der Waals surface area contributed by atoms with Gasteiger partial charge in [0.25, 0.3) is 0 Å². The number of carbonyl (C=O) groups excluding carboxylic acids is 2. The van der Waals surface area contributed by atoms with Crippen LogP contribution in [0.1, 0.15) is 32.6 Å². The van der Waals surface area contributed by atoms with Gasteiger partial charge in [0, 0.05) is 31.8 Å². The largest absolute Gasteiger partial charge is 0.511 e. The van der Waals surface area contributed by atoms with Gasteiger partial charge < -0.3 is 14.6 Å². The summed E-state index contributed by atoms with van der Waals surface area (Å²) < 4.78 is 11.2. The van der Waals surface area contributed by atoms with Gasteiger partial charge in [-0.25, -0.2) is 0 Å². The number of carbonyl (C=O) groups is 2. The van der Waals surface area contributed by atoms with E-state index in [-0.39, 0.29) is 47.8 Å². The third kappa shape index (κ3) is 1.92. The van der Waals surface area contributed by atoms with Crippen molar-refractivity contribution in [2.75, 3.05) is 13.2 Å². The van der Waals surface area contributed by atoms with E-state index in [1.54, 1.807) is 6.92 Å². The molecule has 0 radical (unpaired) electrons. The summed E-state index contributed by atoms with van der Waals surface area (Å²) in [5.41, 5.74) is -0.396. The molecular formula is C14H18O5. The van der Waals surface area contributed by atoms with Crippen molar-refractivity contribution in [2.24, 2.45) is 5.92 Å². The van der Waals surface area contributed by atoms with Crippen LogP contribution in [-0.4, -0.2) is 41.6 Å². The van der Waals surface area contributed by atoms with E-state index in [0.717, 1.165) is 6.42 Å². The van der Waals surface area contributed by atoms with Crippen LogP contribution in [0.25, 0.3) is 0 Å². The summed E-state index contributed by atoms with van der Waals surface area (Å²) in [6.45, 7) is 2.87. The van der Waals surface area contributed by atoms with Gasteiger partial charge in [0.05, 0.1) is 18.3 Å². The lowest BCUT2D eigenvalue weighted by Crippen LogP contribution is -2.40. The Morgan fingerprint density at radius 2 is 2.26 bits per heavy atom. The van der Waals surface area contributed by atoms with Gasteiger partial charge >= 0.3 is 0 Å². The fourth-order valence-electron chi connectivity index (χ4n) is 3.29. The summed E-state index contributed by atoms with van der Waals surface area (Å²) >= 11 is 0. The van der Waals surface area contributed by atoms with Crippen LogP contribution >= 0.6 is 0 Å². The Morgan fingerprint density at radius 3 is 2.89 bits per heavy atom. The van der Waals surface area contributed by atoms with Crippen LogP contribution in [0.3, 0.4) is 0 Å². The molecule has 19 heavy (non-hydrogen) atoms. The first-order valence-corrected chi connectivity index (χ1v) is 6.82. The molecule has 2 fully saturated rings. The van der Waals surface area contributed by atoms with Gasteiger partial charge in [0.15, 0.2) is 11.6 Å². The van der Waals surface area contributed by atoms with Crippen molar-refractivity contribution in [1.29, 1.82) is 0 Å². The van der Waals surface area contributed by atoms with E-state index in [1.807, 2.05) is 0 Å². The molecule has 0 saturated carbocycles. The minimum Gasteiger partial charge on any atom is -0.511 e. The third-order valence-corrected chi connectivity index (χ3v) is 4.43. The van der Waals surface area contributed by atoms with Crippen LogP contribution in [0.5, 0.6) is 0 Å². The maximum atomic E-state index is 12.1. The number of ketones is 2. The Morgan fingerprint density at radius 1 is 1.47 bits per heavy atom. The Bertz CT molecular complexity index is 466. The minimum absolute atomic E-state index is 0.00378. The van der Waals surface area contributed by atoms with E-state index < -0.39 is 5.60 Å². The smallest absolute Gasteiger partial charge is 0.170 e. The third-order valence-electron chi connectivity index (χ3n) is 4.43. The molecule has 2 heterocycles. The van der Waals surface area contributed by atoms with Crippen molar-refractivity contribution in [2.45, 2.75) is 44.3 Å². The first-order chi connectivity index (χ1) is 9.08. The van der Waals surface area contributed by atoms with E-state index >= 15 is 0 Å². The molecular weight excluding hydrogens is 248 g/mol. The van der Waals surface area contributed by atoms with E-state index in [9.17, 15) is 14.7 Å². The molecule has 3 unspecified atom stereocenters. The summed E-state index contributed by atoms with van der Waals surface area (Å²) in [4.78, 5) is 23.8. The Hall–Kier alpha value is -1.20. The van der Waals surface area contributed by atoms with Gasteiger partial charge in [-0.3, -0.25) is 9.59 Å². The Balaban J connectivity index is 1.81. The second-order valence-corrected chi connectivity index (χ2v) is 5.53. The zero-order valence-electron chi connectivity index (χ0n) is 11.0. The highest BCUT2D eigenvalue weighted by Crippen LogP contribution is 2.52. The normalized spacial score (nSPS) is 38.1. The number of allylic oxidation sites excluding steroid dienone is 2. The number of hydrogen-bond donors (Lipinski definition) is 1. The van der Waals surface area contributed by atoms with Gasteiger partial charge in [-0.15, -0.1) is 0 Å². The first-order valence-electron chi connectivity index (χ1n) is 6.82. The number of epoxide rings is 1. The molecule has 3 atom stereocenters. The maximum Gasteiger partial charge on any atom is 0.170 e. The Kier molecular flexibility index (Phi) is 2.98. The number of Topliss-reactive ketones (excluding diaryl/α,β-unsaturated/α-hetero) is 2. The number of fused-ring (bicyclic) bond motifs is 1. The van der Waals surface area contributed by atoms with Gasteiger partial charge in [0.2, 0.25) is 0 Å². The van der Waals surface area contributed by atoms with Gasteiger partial charge in [-0.1, -0.05) is 6.92 Å². The predicted octanol–water partition coefficient (Wildman–Crippen LogP) is 1.31. The molecule has 3 aliphatic rings. The molecule has 2 saturated heterocycles. The topological polar surface area (TPSA) is 76.1 Å². The fourth-order valence-corrected chi connectivity index (χ4v) is 3.29. The number of aliphatic hydroxyl groups excluding tert-OH is 1. The number of rotatable bonds is 3. The number of ether oxygens (including phenoxy) is 2. The summed E-state index contributed by atoms with van der Waals surface area (Å²) in [6.07, 6.45) is 1.84. The summed E-state index contributed by atoms with van der Waals surface area (Å²) in [6, 6.07) is 0. The van der Waals surface area contributed by atoms with Crippen LogP contribution in [0.15, 0.2) is 11.3 Å². The highest BCUT2D eigenvalue weighted by Gasteiger charge is 2.63. The van der Waals surface area contributed by atoms with Crippen molar-refractivity contribution in [1.82, 2.24) is 0 Å². The molecule has 104 valence electrons. The lowest BCUT2D eigenvalue weighted by molar-refractivity contribution is -0.123. The van der Waals surface area contributed by atoms with Crippen molar-refractivity contribution < 1.29 is 24.2 Å². The summed E-state index contributed by atoms with van der Waals surface area (Å²) in [7, 11) is 0. The molecule has 0 aromatic heterocycles. The Labute approximate surface area is 111 Å². The molecule has 0 aromatic rings. The molecule has 1 aliphatic carbocycles. The zero-order valence-corrected chi connectivity index (χ0v) is 11.0. The van der Waals surface area contributed by atoms with Crippen molar-refractivity contribution in [3.8, 4) is 0 Å². The molecule has 0 bridgehead atoms. The monoisotopic (exact) mass is 266 g/mol. The van der Waals surface area contributed by atoms with Crippen molar-refractivity contribution >= 4 is 11.6 Å². The van der Waals surface area contributed by atoms with E-state index in [2.05, 4.69) is 0 Å². The highest BCUT2D eigenvalue weighted by atomic mass is 16.6. The lowest BCUT2D eigenvalue weighted by atomic mass is 9.75. The zero-order chi connectivity index (χ0) is 13.6. The molecule has 0 amide bonds. The van der Waals surface area contributed by atoms with E-state index in [4.69, 9.17) is 9.47 Å². The van der Waals surface area contributed by atoms with Gasteiger partial charge in [-0.2, -0.15) is 0 Å². The minimum atomic E-state index is -0.400. The highest BCUT2D eigenvalue weighted by molar-refractivity contribution is 6.20. The second-order valence-electron chi connectivity index (χ2n) is 5.53. The van der Waals surface area contributed by atoms with Crippen LogP contribution < -0.4 is 0 Å². The fraction of sp³-hybridized carbons (Fsp3) is 0.714. The second kappa shape index (κ2) is 4.42. The number of aliphatic hydroxyl groups is 1. The van der Waals surface area contributed by atoms with Crippen LogP contribution in [0, 0.1) is 5.92 Å². The van der Waals surface area contributed by atoms with Crippen molar-refractivity contribution in [3.63, 3.8) is 0 Å². The van der Waals surface area contributed by atoms with E-state index in [1.165, 1.54) is 0 Å². The van der Waals surface area contributed by atoms with Gasteiger partial charge in [0.1, 0.15) is 11.4 Å². The summed E-state index contributed by atoms with van der Waals surface area (Å²) in [5, 5.41) is 10.0. The quantitative estimate of drug-likeness (QED) is 0.615. The first kappa shape index (κ1) is 12.8. The van der Waals surface area contributed by atoms with Gasteiger partial charge in [-0.05, 0) is 6.42 Å². The molecule has 1 N–H and O–H groups in total. The maximum absolute atomic E-state index is 12.1. The average Bonchev–Trinajstić information content (AvgIpc) is 3.13. The average molecular weight is 266 g/mol. The lowest BCUT2D eigenvalue weighted by Gasteiger charge is -2.30. The SMILES string of the molecule is CCC(=O)C1=C(O)CC(C23COCCC2O3)CC1=O. The van der Waals surface area contributed by atoms with Crippen LogP contribution in [0.2, 0.25) is 0 Å². The molecule has 0 spiro atoms. The standard InChI is InChI=1S/C14H18O5/c1-2-9(15)13-10(16)5-8(6-11(13)17)14-7-18-4-3-12(14)19-14/h8,12,16H,2-7H2,1H3. The van der Waals surface area contributed by atoms with Crippen LogP contribution in [0.4, 0.5) is 0 Å². The van der Waals surface area contributed by atoms with Crippen molar-refractivity contribution in [3.05, 3.63) is 11.3 Å². The van der Waals surface area contributed by atoms with E-state index in [0.29, 0.717) is 19.6 Å². The molecule has 5 heteroatoms. The summed E-state index contributed by atoms with van der Waals surface area (Å²) in [5.74, 6) is -0.664.